The lowest BCUT2D eigenvalue weighted by Crippen LogP contribution is -2.42. The summed E-state index contributed by atoms with van der Waals surface area (Å²) in [5, 5.41) is 3.33. The van der Waals surface area contributed by atoms with Crippen LogP contribution in [-0.4, -0.2) is 36.8 Å². The fourth-order valence-electron chi connectivity index (χ4n) is 0.800. The van der Waals surface area contributed by atoms with Crippen LogP contribution in [0.1, 0.15) is 20.8 Å². The number of rotatable bonds is 4. The molecule has 0 rings (SSSR count). The SMILES string of the molecule is COCC(CBr)NC(=O)OC(C)(C)C. The Kier molecular flexibility index (Phi) is 6.11. The molecule has 0 aliphatic heterocycles. The van der Waals surface area contributed by atoms with Crippen molar-refractivity contribution in [1.82, 2.24) is 5.32 Å². The second-order valence-corrected chi connectivity index (χ2v) is 4.60. The zero-order valence-electron chi connectivity index (χ0n) is 9.09. The van der Waals surface area contributed by atoms with Crippen LogP contribution < -0.4 is 5.32 Å². The van der Waals surface area contributed by atoms with Gasteiger partial charge in [-0.15, -0.1) is 0 Å². The minimum absolute atomic E-state index is 0.0603. The molecule has 1 atom stereocenters. The van der Waals surface area contributed by atoms with E-state index in [1.807, 2.05) is 20.8 Å². The molecule has 4 nitrogen and oxygen atoms in total. The molecule has 5 heteroatoms. The molecule has 0 fully saturated rings. The largest absolute Gasteiger partial charge is 0.444 e. The zero-order chi connectivity index (χ0) is 11.2. The maximum absolute atomic E-state index is 11.3. The minimum atomic E-state index is -0.464. The predicted octanol–water partition coefficient (Wildman–Crippen LogP) is 1.92. The number of amides is 1. The van der Waals surface area contributed by atoms with Gasteiger partial charge in [-0.25, -0.2) is 4.79 Å². The second-order valence-electron chi connectivity index (χ2n) is 3.95. The topological polar surface area (TPSA) is 47.6 Å². The summed E-state index contributed by atoms with van der Waals surface area (Å²) in [6, 6.07) is -0.0603. The molecule has 0 radical (unpaired) electrons. The van der Waals surface area contributed by atoms with Crippen LogP contribution in [0.4, 0.5) is 4.79 Å². The van der Waals surface area contributed by atoms with Crippen molar-refractivity contribution in [2.24, 2.45) is 0 Å². The number of hydrogen-bond donors (Lipinski definition) is 1. The number of alkyl carbamates (subject to hydrolysis) is 1. The first-order valence-electron chi connectivity index (χ1n) is 4.43. The van der Waals surface area contributed by atoms with E-state index >= 15 is 0 Å². The first-order valence-corrected chi connectivity index (χ1v) is 5.55. The molecule has 14 heavy (non-hydrogen) atoms. The molecular weight excluding hydrogens is 250 g/mol. The molecule has 1 N–H and O–H groups in total. The molecule has 0 saturated carbocycles. The summed E-state index contributed by atoms with van der Waals surface area (Å²) in [4.78, 5) is 11.3. The molecule has 1 unspecified atom stereocenters. The van der Waals surface area contributed by atoms with Crippen LogP contribution in [0.3, 0.4) is 0 Å². The molecule has 0 spiro atoms. The Labute approximate surface area is 93.5 Å². The normalized spacial score (nSPS) is 13.5. The van der Waals surface area contributed by atoms with Gasteiger partial charge in [-0.1, -0.05) is 15.9 Å². The summed E-state index contributed by atoms with van der Waals surface area (Å²) in [5.74, 6) is 0. The van der Waals surface area contributed by atoms with Crippen molar-refractivity contribution in [1.29, 1.82) is 0 Å². The Hall–Kier alpha value is -0.290. The zero-order valence-corrected chi connectivity index (χ0v) is 10.7. The molecule has 0 heterocycles. The standard InChI is InChI=1S/C9H18BrNO3/c1-9(2,3)14-8(12)11-7(5-10)6-13-4/h7H,5-6H2,1-4H3,(H,11,12). The average molecular weight is 268 g/mol. The summed E-state index contributed by atoms with van der Waals surface area (Å²) in [5.41, 5.74) is -0.464. The van der Waals surface area contributed by atoms with Crippen molar-refractivity contribution in [3.63, 3.8) is 0 Å². The highest BCUT2D eigenvalue weighted by atomic mass is 79.9. The van der Waals surface area contributed by atoms with Gasteiger partial charge in [0, 0.05) is 12.4 Å². The van der Waals surface area contributed by atoms with Gasteiger partial charge in [-0.2, -0.15) is 0 Å². The van der Waals surface area contributed by atoms with Crippen LogP contribution in [0.5, 0.6) is 0 Å². The van der Waals surface area contributed by atoms with Crippen LogP contribution in [0.25, 0.3) is 0 Å². The number of ether oxygens (including phenoxy) is 2. The molecule has 1 amide bonds. The Bertz CT molecular complexity index is 179. The summed E-state index contributed by atoms with van der Waals surface area (Å²) in [7, 11) is 1.59. The number of methoxy groups -OCH3 is 1. The van der Waals surface area contributed by atoms with E-state index in [2.05, 4.69) is 21.2 Å². The highest BCUT2D eigenvalue weighted by Gasteiger charge is 2.18. The van der Waals surface area contributed by atoms with E-state index in [9.17, 15) is 4.79 Å². The predicted molar refractivity (Wildman–Crippen MR) is 58.8 cm³/mol. The Morgan fingerprint density at radius 1 is 1.50 bits per heavy atom. The van der Waals surface area contributed by atoms with Crippen LogP contribution in [0, 0.1) is 0 Å². The maximum Gasteiger partial charge on any atom is 0.407 e. The van der Waals surface area contributed by atoms with Crippen molar-refractivity contribution in [2.45, 2.75) is 32.4 Å². The van der Waals surface area contributed by atoms with Crippen LogP contribution >= 0.6 is 15.9 Å². The molecule has 0 aliphatic rings. The highest BCUT2D eigenvalue weighted by Crippen LogP contribution is 2.07. The average Bonchev–Trinajstić information content (AvgIpc) is 2.00. The van der Waals surface area contributed by atoms with Gasteiger partial charge < -0.3 is 14.8 Å². The lowest BCUT2D eigenvalue weighted by atomic mass is 10.2. The third kappa shape index (κ3) is 7.15. The smallest absolute Gasteiger partial charge is 0.407 e. The van der Waals surface area contributed by atoms with Crippen molar-refractivity contribution >= 4 is 22.0 Å². The van der Waals surface area contributed by atoms with Crippen LogP contribution in [-0.2, 0) is 9.47 Å². The van der Waals surface area contributed by atoms with Gasteiger partial charge in [0.1, 0.15) is 5.60 Å². The molecule has 84 valence electrons. The van der Waals surface area contributed by atoms with Crippen molar-refractivity contribution in [3.8, 4) is 0 Å². The monoisotopic (exact) mass is 267 g/mol. The number of carbonyl (C=O) groups excluding carboxylic acids is 1. The number of alkyl halides is 1. The lowest BCUT2D eigenvalue weighted by Gasteiger charge is -2.22. The number of hydrogen-bond acceptors (Lipinski definition) is 3. The summed E-state index contributed by atoms with van der Waals surface area (Å²) < 4.78 is 10.0. The van der Waals surface area contributed by atoms with Gasteiger partial charge in [0.2, 0.25) is 0 Å². The highest BCUT2D eigenvalue weighted by molar-refractivity contribution is 9.09. The van der Waals surface area contributed by atoms with Crippen LogP contribution in [0.2, 0.25) is 0 Å². The van der Waals surface area contributed by atoms with Crippen molar-refractivity contribution in [3.05, 3.63) is 0 Å². The van der Waals surface area contributed by atoms with E-state index in [4.69, 9.17) is 9.47 Å². The van der Waals surface area contributed by atoms with Crippen molar-refractivity contribution in [2.75, 3.05) is 19.0 Å². The third-order valence-corrected chi connectivity index (χ3v) is 2.06. The van der Waals surface area contributed by atoms with Gasteiger partial charge in [0.05, 0.1) is 12.6 Å². The fourth-order valence-corrected chi connectivity index (χ4v) is 1.15. The van der Waals surface area contributed by atoms with E-state index in [0.29, 0.717) is 11.9 Å². The first-order chi connectivity index (χ1) is 6.39. The van der Waals surface area contributed by atoms with E-state index in [1.54, 1.807) is 7.11 Å². The van der Waals surface area contributed by atoms with Gasteiger partial charge >= 0.3 is 6.09 Å². The molecule has 0 aliphatic carbocycles. The third-order valence-electron chi connectivity index (χ3n) is 1.27. The van der Waals surface area contributed by atoms with Crippen molar-refractivity contribution < 1.29 is 14.3 Å². The van der Waals surface area contributed by atoms with Gasteiger partial charge in [0.25, 0.3) is 0 Å². The summed E-state index contributed by atoms with van der Waals surface area (Å²) in [6.07, 6.45) is -0.418. The molecule has 0 aromatic heterocycles. The Balaban J connectivity index is 3.91. The van der Waals surface area contributed by atoms with E-state index < -0.39 is 11.7 Å². The molecule has 0 aromatic carbocycles. The molecule has 0 saturated heterocycles. The van der Waals surface area contributed by atoms with Gasteiger partial charge in [-0.05, 0) is 20.8 Å². The fraction of sp³-hybridized carbons (Fsp3) is 0.889. The van der Waals surface area contributed by atoms with E-state index in [0.717, 1.165) is 0 Å². The second kappa shape index (κ2) is 6.24. The van der Waals surface area contributed by atoms with Crippen LogP contribution in [0.15, 0.2) is 0 Å². The Morgan fingerprint density at radius 2 is 2.07 bits per heavy atom. The number of nitrogens with one attached hydrogen (secondary N) is 1. The first kappa shape index (κ1) is 13.7. The van der Waals surface area contributed by atoms with E-state index in [1.165, 1.54) is 0 Å². The molecular formula is C9H18BrNO3. The maximum atomic E-state index is 11.3. The Morgan fingerprint density at radius 3 is 2.43 bits per heavy atom. The summed E-state index contributed by atoms with van der Waals surface area (Å²) in [6.45, 7) is 5.94. The van der Waals surface area contributed by atoms with Gasteiger partial charge in [0.15, 0.2) is 0 Å². The van der Waals surface area contributed by atoms with E-state index in [-0.39, 0.29) is 6.04 Å². The molecule has 0 aromatic rings. The quantitative estimate of drug-likeness (QED) is 0.792. The summed E-state index contributed by atoms with van der Waals surface area (Å²) >= 11 is 3.27. The number of carbonyl (C=O) groups is 1. The minimum Gasteiger partial charge on any atom is -0.444 e. The number of halogens is 1. The lowest BCUT2D eigenvalue weighted by molar-refractivity contribution is 0.0479. The van der Waals surface area contributed by atoms with Gasteiger partial charge in [-0.3, -0.25) is 0 Å². The molecule has 0 bridgehead atoms.